The highest BCUT2D eigenvalue weighted by atomic mass is 31.1. The van der Waals surface area contributed by atoms with E-state index >= 15 is 0 Å². The molecular formula is C24H34P-. The second-order valence-electron chi connectivity index (χ2n) is 8.30. The van der Waals surface area contributed by atoms with Crippen LogP contribution in [0.25, 0.3) is 0 Å². The summed E-state index contributed by atoms with van der Waals surface area (Å²) in [5.41, 5.74) is 6.00. The van der Waals surface area contributed by atoms with Crippen molar-refractivity contribution in [2.24, 2.45) is 0 Å². The third-order valence-electron chi connectivity index (χ3n) is 4.91. The fraction of sp³-hybridized carbons (Fsp3) is 0.500. The molecule has 0 spiro atoms. The molecule has 0 saturated heterocycles. The third kappa shape index (κ3) is 4.53. The van der Waals surface area contributed by atoms with Crippen LogP contribution in [-0.2, 0) is 0 Å². The van der Waals surface area contributed by atoms with E-state index in [1.54, 1.807) is 0 Å². The van der Waals surface area contributed by atoms with Crippen molar-refractivity contribution in [3.63, 3.8) is 0 Å². The van der Waals surface area contributed by atoms with Gasteiger partial charge in [-0.05, 0) is 23.7 Å². The summed E-state index contributed by atoms with van der Waals surface area (Å²) < 4.78 is 0. The summed E-state index contributed by atoms with van der Waals surface area (Å²) in [6.07, 6.45) is 0. The molecule has 0 bridgehead atoms. The van der Waals surface area contributed by atoms with E-state index in [0.29, 0.717) is 23.7 Å². The lowest BCUT2D eigenvalue weighted by molar-refractivity contribution is 0.843. The predicted octanol–water partition coefficient (Wildman–Crippen LogP) is 7.08. The van der Waals surface area contributed by atoms with Crippen molar-refractivity contribution in [2.45, 2.75) is 79.1 Å². The van der Waals surface area contributed by atoms with Gasteiger partial charge in [0.25, 0.3) is 0 Å². The van der Waals surface area contributed by atoms with E-state index < -0.39 is 0 Å². The minimum Gasteiger partial charge on any atom is -0.471 e. The number of hydrogen-bond donors (Lipinski definition) is 0. The lowest BCUT2D eigenvalue weighted by Crippen LogP contribution is -2.21. The first-order valence-corrected chi connectivity index (χ1v) is 10.6. The Balaban J connectivity index is 2.68. The van der Waals surface area contributed by atoms with Crippen LogP contribution in [0.2, 0.25) is 0 Å². The van der Waals surface area contributed by atoms with Crippen molar-refractivity contribution in [3.8, 4) is 0 Å². The maximum atomic E-state index is 2.33. The van der Waals surface area contributed by atoms with E-state index in [1.165, 1.54) is 41.4 Å². The average Bonchev–Trinajstić information content (AvgIpc) is 2.54. The van der Waals surface area contributed by atoms with Gasteiger partial charge < -0.3 is 8.58 Å². The third-order valence-corrected chi connectivity index (χ3v) is 6.39. The Morgan fingerprint density at radius 1 is 0.480 bits per heavy atom. The Morgan fingerprint density at radius 3 is 0.920 bits per heavy atom. The van der Waals surface area contributed by atoms with Crippen LogP contribution >= 0.6 is 8.58 Å². The summed E-state index contributed by atoms with van der Waals surface area (Å²) in [7, 11) is 1.38. The summed E-state index contributed by atoms with van der Waals surface area (Å²) >= 11 is 0. The second kappa shape index (κ2) is 8.50. The van der Waals surface area contributed by atoms with Gasteiger partial charge in [-0.2, -0.15) is 10.6 Å². The summed E-state index contributed by atoms with van der Waals surface area (Å²) in [4.78, 5) is 0. The van der Waals surface area contributed by atoms with E-state index in [2.05, 4.69) is 91.8 Å². The van der Waals surface area contributed by atoms with Gasteiger partial charge in [-0.3, -0.25) is 0 Å². The van der Waals surface area contributed by atoms with Crippen molar-refractivity contribution in [1.82, 2.24) is 0 Å². The van der Waals surface area contributed by atoms with Crippen molar-refractivity contribution in [3.05, 3.63) is 58.7 Å². The fourth-order valence-corrected chi connectivity index (χ4v) is 5.46. The SMILES string of the molecule is CC(C)c1cccc(C(C)C)c1[P-]c1c(C(C)C)cccc1C(C)C. The van der Waals surface area contributed by atoms with Crippen LogP contribution in [-0.4, -0.2) is 0 Å². The molecule has 0 heterocycles. The van der Waals surface area contributed by atoms with E-state index in [0.717, 1.165) is 0 Å². The molecule has 1 heteroatoms. The van der Waals surface area contributed by atoms with Crippen LogP contribution in [0.1, 0.15) is 101 Å². The largest absolute Gasteiger partial charge is 0.471 e. The van der Waals surface area contributed by atoms with Crippen LogP contribution < -0.4 is 10.6 Å². The topological polar surface area (TPSA) is 0 Å². The molecule has 0 fully saturated rings. The monoisotopic (exact) mass is 353 g/mol. The molecule has 0 atom stereocenters. The van der Waals surface area contributed by atoms with Crippen LogP contribution in [0.3, 0.4) is 0 Å². The van der Waals surface area contributed by atoms with Crippen molar-refractivity contribution in [1.29, 1.82) is 0 Å². The zero-order valence-corrected chi connectivity index (χ0v) is 18.1. The van der Waals surface area contributed by atoms with Gasteiger partial charge in [-0.1, -0.05) is 114 Å². The molecule has 136 valence electrons. The first-order valence-electron chi connectivity index (χ1n) is 9.71. The highest BCUT2D eigenvalue weighted by Crippen LogP contribution is 2.31. The van der Waals surface area contributed by atoms with Gasteiger partial charge in [0.1, 0.15) is 0 Å². The molecule has 0 aliphatic heterocycles. The Kier molecular flexibility index (Phi) is 6.86. The Morgan fingerprint density at radius 2 is 0.720 bits per heavy atom. The molecule has 0 aliphatic rings. The molecule has 25 heavy (non-hydrogen) atoms. The molecule has 0 aromatic heterocycles. The molecule has 0 N–H and O–H groups in total. The molecule has 2 aromatic rings. The fourth-order valence-electron chi connectivity index (χ4n) is 3.39. The number of benzene rings is 2. The number of rotatable bonds is 6. The highest BCUT2D eigenvalue weighted by molar-refractivity contribution is 7.56. The van der Waals surface area contributed by atoms with Gasteiger partial charge in [0.15, 0.2) is 0 Å². The molecule has 0 unspecified atom stereocenters. The maximum absolute atomic E-state index is 2.33. The lowest BCUT2D eigenvalue weighted by atomic mass is 9.95. The molecular weight excluding hydrogens is 319 g/mol. The smallest absolute Gasteiger partial charge is 0.0241 e. The van der Waals surface area contributed by atoms with E-state index in [4.69, 9.17) is 0 Å². The first kappa shape index (κ1) is 20.2. The summed E-state index contributed by atoms with van der Waals surface area (Å²) in [6.45, 7) is 18.5. The molecule has 2 aromatic carbocycles. The van der Waals surface area contributed by atoms with Gasteiger partial charge in [-0.25, -0.2) is 0 Å². The maximum Gasteiger partial charge on any atom is -0.0241 e. The standard InChI is InChI=1S/C24H34P/c1-15(2)19-11-9-12-20(16(3)4)23(19)25-24-21(17(5)6)13-10-14-22(24)18(7)8/h9-18H,1-8H3/q-1. The summed E-state index contributed by atoms with van der Waals surface area (Å²) in [6, 6.07) is 13.8. The van der Waals surface area contributed by atoms with Crippen LogP contribution in [0.15, 0.2) is 36.4 Å². The van der Waals surface area contributed by atoms with Gasteiger partial charge in [0.2, 0.25) is 0 Å². The normalized spacial score (nSPS) is 12.0. The summed E-state index contributed by atoms with van der Waals surface area (Å²) in [5.74, 6) is 2.20. The van der Waals surface area contributed by atoms with Crippen LogP contribution in [0, 0.1) is 0 Å². The zero-order valence-electron chi connectivity index (χ0n) is 17.2. The number of hydrogen-bond acceptors (Lipinski definition) is 0. The van der Waals surface area contributed by atoms with Gasteiger partial charge in [0, 0.05) is 0 Å². The minimum absolute atomic E-state index is 0.551. The molecule has 0 nitrogen and oxygen atoms in total. The highest BCUT2D eigenvalue weighted by Gasteiger charge is 2.11. The van der Waals surface area contributed by atoms with Gasteiger partial charge >= 0.3 is 0 Å². The van der Waals surface area contributed by atoms with Crippen molar-refractivity contribution >= 4 is 19.2 Å². The Bertz CT molecular complexity index is 594. The zero-order chi connectivity index (χ0) is 18.7. The quantitative estimate of drug-likeness (QED) is 0.487. The van der Waals surface area contributed by atoms with Crippen LogP contribution in [0.4, 0.5) is 0 Å². The predicted molar refractivity (Wildman–Crippen MR) is 115 cm³/mol. The van der Waals surface area contributed by atoms with E-state index in [9.17, 15) is 0 Å². The lowest BCUT2D eigenvalue weighted by Gasteiger charge is -2.35. The van der Waals surface area contributed by atoms with E-state index in [-0.39, 0.29) is 0 Å². The average molecular weight is 354 g/mol. The molecule has 2 rings (SSSR count). The second-order valence-corrected chi connectivity index (χ2v) is 9.42. The minimum atomic E-state index is 0.551. The first-order chi connectivity index (χ1) is 11.7. The van der Waals surface area contributed by atoms with Gasteiger partial charge in [0.05, 0.1) is 0 Å². The summed E-state index contributed by atoms with van der Waals surface area (Å²) in [5, 5.41) is 3.06. The van der Waals surface area contributed by atoms with Gasteiger partial charge in [-0.15, -0.1) is 0 Å². The Labute approximate surface area is 157 Å². The van der Waals surface area contributed by atoms with Crippen LogP contribution in [0.5, 0.6) is 0 Å². The van der Waals surface area contributed by atoms with Crippen molar-refractivity contribution in [2.75, 3.05) is 0 Å². The van der Waals surface area contributed by atoms with Crippen molar-refractivity contribution < 1.29 is 0 Å². The van der Waals surface area contributed by atoms with E-state index in [1.807, 2.05) is 0 Å². The molecule has 0 aliphatic carbocycles. The molecule has 0 saturated carbocycles. The molecule has 0 radical (unpaired) electrons. The molecule has 0 amide bonds. The Hall–Kier alpha value is -1.13.